The van der Waals surface area contributed by atoms with Gasteiger partial charge in [-0.05, 0) is 111 Å². The van der Waals surface area contributed by atoms with Gasteiger partial charge < -0.3 is 14.6 Å². The predicted molar refractivity (Wildman–Crippen MR) is 166 cm³/mol. The van der Waals surface area contributed by atoms with Crippen LogP contribution in [0.5, 0.6) is 0 Å². The Bertz CT molecular complexity index is 1470. The standard InChI is InChI=1S/C35H45FN2O4/c1-9-26-20-38(31(39)17-24(26)7)30(15-14-21(3)4)35(41)37-29(19-32(40)42-10-2)28-18-27(16-25(8)34(28)36)33-22(5)12-11-13-23(33)6/h11-13,16-18,20-21,29-30H,9-10,14-15,19H2,1-8H3,(H,37,41)/t29-,30?/m0/s1. The molecule has 0 bridgehead atoms. The molecule has 1 N–H and O–H groups in total. The van der Waals surface area contributed by atoms with Crippen LogP contribution in [0.1, 0.15) is 92.4 Å². The third-order valence-corrected chi connectivity index (χ3v) is 7.85. The fourth-order valence-corrected chi connectivity index (χ4v) is 5.54. The van der Waals surface area contributed by atoms with Gasteiger partial charge in [-0.2, -0.15) is 0 Å². The molecule has 0 radical (unpaired) electrons. The van der Waals surface area contributed by atoms with Crippen molar-refractivity contribution in [2.75, 3.05) is 6.61 Å². The van der Waals surface area contributed by atoms with Crippen LogP contribution in [-0.2, 0) is 20.7 Å². The van der Waals surface area contributed by atoms with Gasteiger partial charge in [0, 0.05) is 17.8 Å². The second-order valence-corrected chi connectivity index (χ2v) is 11.6. The number of benzene rings is 2. The average molecular weight is 577 g/mol. The van der Waals surface area contributed by atoms with E-state index in [0.29, 0.717) is 30.7 Å². The Balaban J connectivity index is 2.13. The summed E-state index contributed by atoms with van der Waals surface area (Å²) >= 11 is 0. The fourth-order valence-electron chi connectivity index (χ4n) is 5.54. The van der Waals surface area contributed by atoms with Crippen molar-refractivity contribution in [1.82, 2.24) is 9.88 Å². The second-order valence-electron chi connectivity index (χ2n) is 11.6. The lowest BCUT2D eigenvalue weighted by atomic mass is 9.90. The van der Waals surface area contributed by atoms with E-state index in [0.717, 1.165) is 33.4 Å². The number of esters is 1. The molecule has 6 nitrogen and oxygen atoms in total. The van der Waals surface area contributed by atoms with Crippen molar-refractivity contribution in [3.63, 3.8) is 0 Å². The average Bonchev–Trinajstić information content (AvgIpc) is 2.91. The van der Waals surface area contributed by atoms with E-state index in [-0.39, 0.29) is 24.2 Å². The minimum atomic E-state index is -0.993. The van der Waals surface area contributed by atoms with Gasteiger partial charge in [0.05, 0.1) is 19.1 Å². The number of rotatable bonds is 12. The number of pyridine rings is 1. The van der Waals surface area contributed by atoms with E-state index in [1.807, 2.05) is 45.9 Å². The summed E-state index contributed by atoms with van der Waals surface area (Å²) in [4.78, 5) is 39.9. The molecule has 0 saturated heterocycles. The zero-order valence-electron chi connectivity index (χ0n) is 26.3. The Kier molecular flexibility index (Phi) is 11.3. The zero-order valence-corrected chi connectivity index (χ0v) is 26.3. The Morgan fingerprint density at radius 3 is 2.21 bits per heavy atom. The minimum absolute atomic E-state index is 0.166. The van der Waals surface area contributed by atoms with Crippen molar-refractivity contribution in [2.24, 2.45) is 5.92 Å². The quantitative estimate of drug-likeness (QED) is 0.231. The topological polar surface area (TPSA) is 77.4 Å². The van der Waals surface area contributed by atoms with Crippen molar-refractivity contribution in [2.45, 2.75) is 93.2 Å². The van der Waals surface area contributed by atoms with Gasteiger partial charge in [0.15, 0.2) is 0 Å². The van der Waals surface area contributed by atoms with E-state index < -0.39 is 29.8 Å². The van der Waals surface area contributed by atoms with Gasteiger partial charge in [-0.1, -0.05) is 39.0 Å². The van der Waals surface area contributed by atoms with E-state index in [1.165, 1.54) is 4.57 Å². The molecule has 0 aliphatic rings. The first-order valence-electron chi connectivity index (χ1n) is 14.9. The highest BCUT2D eigenvalue weighted by Crippen LogP contribution is 2.34. The molecule has 1 aromatic heterocycles. The van der Waals surface area contributed by atoms with Gasteiger partial charge in [-0.15, -0.1) is 0 Å². The van der Waals surface area contributed by atoms with Gasteiger partial charge in [0.1, 0.15) is 11.9 Å². The van der Waals surface area contributed by atoms with Gasteiger partial charge in [-0.25, -0.2) is 4.39 Å². The Morgan fingerprint density at radius 2 is 1.62 bits per heavy atom. The fraction of sp³-hybridized carbons (Fsp3) is 0.457. The number of ether oxygens (including phenoxy) is 1. The van der Waals surface area contributed by atoms with E-state index in [9.17, 15) is 14.4 Å². The van der Waals surface area contributed by atoms with Gasteiger partial charge in [0.2, 0.25) is 5.91 Å². The summed E-state index contributed by atoms with van der Waals surface area (Å²) in [5.74, 6) is -1.17. The number of halogens is 1. The van der Waals surface area contributed by atoms with Crippen molar-refractivity contribution in [1.29, 1.82) is 0 Å². The number of aromatic nitrogens is 1. The number of hydrogen-bond acceptors (Lipinski definition) is 4. The van der Waals surface area contributed by atoms with Crippen molar-refractivity contribution < 1.29 is 18.7 Å². The SMILES string of the molecule is CCOC(=O)C[C@H](NC(=O)C(CCC(C)C)n1cc(CC)c(C)cc1=O)c1cc(-c2c(C)cccc2C)cc(C)c1F. The molecule has 0 aliphatic heterocycles. The molecule has 42 heavy (non-hydrogen) atoms. The summed E-state index contributed by atoms with van der Waals surface area (Å²) < 4.78 is 22.6. The second kappa shape index (κ2) is 14.4. The molecule has 1 heterocycles. The molecular weight excluding hydrogens is 531 g/mol. The van der Waals surface area contributed by atoms with Crippen LogP contribution in [0.25, 0.3) is 11.1 Å². The third kappa shape index (κ3) is 7.75. The van der Waals surface area contributed by atoms with Gasteiger partial charge >= 0.3 is 5.97 Å². The number of carbonyl (C=O) groups is 2. The summed E-state index contributed by atoms with van der Waals surface area (Å²) in [6.07, 6.45) is 3.36. The van der Waals surface area contributed by atoms with Crippen molar-refractivity contribution in [3.8, 4) is 11.1 Å². The maximum atomic E-state index is 15.9. The van der Waals surface area contributed by atoms with Crippen LogP contribution in [0.3, 0.4) is 0 Å². The highest BCUT2D eigenvalue weighted by Gasteiger charge is 2.29. The lowest BCUT2D eigenvalue weighted by molar-refractivity contribution is -0.144. The van der Waals surface area contributed by atoms with E-state index >= 15 is 4.39 Å². The molecule has 0 aliphatic carbocycles. The molecule has 3 rings (SSSR count). The van der Waals surface area contributed by atoms with E-state index in [4.69, 9.17) is 4.74 Å². The molecule has 0 saturated carbocycles. The van der Waals surface area contributed by atoms with Crippen molar-refractivity contribution >= 4 is 11.9 Å². The number of amides is 1. The van der Waals surface area contributed by atoms with E-state index in [1.54, 1.807) is 38.2 Å². The number of nitrogens with zero attached hydrogens (tertiary/aromatic N) is 1. The van der Waals surface area contributed by atoms with Crippen LogP contribution < -0.4 is 10.9 Å². The summed E-state index contributed by atoms with van der Waals surface area (Å²) in [6.45, 7) is 15.6. The maximum absolute atomic E-state index is 15.9. The smallest absolute Gasteiger partial charge is 0.308 e. The highest BCUT2D eigenvalue weighted by atomic mass is 19.1. The summed E-state index contributed by atoms with van der Waals surface area (Å²) in [7, 11) is 0. The van der Waals surface area contributed by atoms with Gasteiger partial charge in [-0.3, -0.25) is 14.4 Å². The first-order valence-corrected chi connectivity index (χ1v) is 14.9. The number of nitrogens with one attached hydrogen (secondary N) is 1. The normalized spacial score (nSPS) is 12.7. The zero-order chi connectivity index (χ0) is 31.1. The van der Waals surface area contributed by atoms with Crippen LogP contribution in [0.4, 0.5) is 4.39 Å². The van der Waals surface area contributed by atoms with E-state index in [2.05, 4.69) is 19.2 Å². The number of aryl methyl sites for hydroxylation is 5. The molecule has 226 valence electrons. The Labute approximate surface area is 249 Å². The summed E-state index contributed by atoms with van der Waals surface area (Å²) in [6, 6.07) is 9.24. The minimum Gasteiger partial charge on any atom is -0.466 e. The monoisotopic (exact) mass is 576 g/mol. The van der Waals surface area contributed by atoms with Gasteiger partial charge in [0.25, 0.3) is 5.56 Å². The Morgan fingerprint density at radius 1 is 0.952 bits per heavy atom. The van der Waals surface area contributed by atoms with Crippen LogP contribution in [0, 0.1) is 39.4 Å². The van der Waals surface area contributed by atoms with Crippen LogP contribution >= 0.6 is 0 Å². The lowest BCUT2D eigenvalue weighted by Crippen LogP contribution is -2.40. The summed E-state index contributed by atoms with van der Waals surface area (Å²) in [5, 5.41) is 2.96. The summed E-state index contributed by atoms with van der Waals surface area (Å²) in [5.41, 5.74) is 6.07. The molecule has 3 aromatic rings. The van der Waals surface area contributed by atoms with Crippen LogP contribution in [0.2, 0.25) is 0 Å². The maximum Gasteiger partial charge on any atom is 0.308 e. The molecule has 2 atom stereocenters. The number of hydrogen-bond donors (Lipinski definition) is 1. The number of carbonyl (C=O) groups excluding carboxylic acids is 2. The van der Waals surface area contributed by atoms with Crippen LogP contribution in [-0.4, -0.2) is 23.1 Å². The first-order chi connectivity index (χ1) is 19.9. The first kappa shape index (κ1) is 32.8. The molecule has 1 unspecified atom stereocenters. The third-order valence-electron chi connectivity index (χ3n) is 7.85. The molecule has 0 spiro atoms. The van der Waals surface area contributed by atoms with Crippen molar-refractivity contribution in [3.05, 3.63) is 92.1 Å². The predicted octanol–water partition coefficient (Wildman–Crippen LogP) is 7.24. The molecule has 7 heteroatoms. The molecule has 0 fully saturated rings. The Hall–Kier alpha value is -3.74. The lowest BCUT2D eigenvalue weighted by Gasteiger charge is -2.26. The highest BCUT2D eigenvalue weighted by molar-refractivity contribution is 5.82. The molecule has 2 aromatic carbocycles. The molecular formula is C35H45FN2O4. The van der Waals surface area contributed by atoms with Crippen LogP contribution in [0.15, 0.2) is 47.4 Å². The largest absolute Gasteiger partial charge is 0.466 e. The molecule has 1 amide bonds.